The molecule has 15 heavy (non-hydrogen) atoms. The molecule has 0 aliphatic rings. The number of rotatable bonds is 4. The lowest BCUT2D eigenvalue weighted by atomic mass is 10.3. The minimum absolute atomic E-state index is 0.268. The van der Waals surface area contributed by atoms with E-state index in [4.69, 9.17) is 5.73 Å². The molecule has 1 heterocycles. The van der Waals surface area contributed by atoms with Crippen LogP contribution >= 0.6 is 23.1 Å². The van der Waals surface area contributed by atoms with E-state index in [9.17, 15) is 0 Å². The zero-order chi connectivity index (χ0) is 10.7. The van der Waals surface area contributed by atoms with E-state index in [1.54, 1.807) is 11.3 Å². The Kier molecular flexibility index (Phi) is 3.61. The second-order valence-electron chi connectivity index (χ2n) is 3.57. The van der Waals surface area contributed by atoms with Gasteiger partial charge < -0.3 is 5.73 Å². The highest BCUT2D eigenvalue weighted by Crippen LogP contribution is 2.24. The molecule has 0 aliphatic heterocycles. The SMILES string of the molecule is CC(N)CSCc1nc2ccccc2s1. The van der Waals surface area contributed by atoms with E-state index in [2.05, 4.69) is 23.2 Å². The maximum atomic E-state index is 5.69. The summed E-state index contributed by atoms with van der Waals surface area (Å²) in [6, 6.07) is 8.53. The van der Waals surface area contributed by atoms with Gasteiger partial charge in [0.05, 0.1) is 10.2 Å². The molecule has 4 heteroatoms. The van der Waals surface area contributed by atoms with Crippen LogP contribution in [0.15, 0.2) is 24.3 Å². The van der Waals surface area contributed by atoms with Gasteiger partial charge in [0.1, 0.15) is 5.01 Å². The topological polar surface area (TPSA) is 38.9 Å². The largest absolute Gasteiger partial charge is 0.327 e. The van der Waals surface area contributed by atoms with Gasteiger partial charge >= 0.3 is 0 Å². The molecule has 2 rings (SSSR count). The van der Waals surface area contributed by atoms with Gasteiger partial charge in [-0.05, 0) is 19.1 Å². The molecule has 1 aromatic carbocycles. The van der Waals surface area contributed by atoms with E-state index in [0.717, 1.165) is 17.0 Å². The van der Waals surface area contributed by atoms with Crippen LogP contribution in [0.3, 0.4) is 0 Å². The third-order valence-corrected chi connectivity index (χ3v) is 4.40. The van der Waals surface area contributed by atoms with Gasteiger partial charge in [0, 0.05) is 17.5 Å². The van der Waals surface area contributed by atoms with Gasteiger partial charge in [0.25, 0.3) is 0 Å². The zero-order valence-corrected chi connectivity index (χ0v) is 10.3. The summed E-state index contributed by atoms with van der Waals surface area (Å²) in [5.74, 6) is 1.97. The highest BCUT2D eigenvalue weighted by atomic mass is 32.2. The average molecular weight is 238 g/mol. The first kappa shape index (κ1) is 10.9. The summed E-state index contributed by atoms with van der Waals surface area (Å²) >= 11 is 3.63. The van der Waals surface area contributed by atoms with Crippen molar-refractivity contribution >= 4 is 33.3 Å². The molecule has 0 aliphatic carbocycles. The van der Waals surface area contributed by atoms with Crippen molar-refractivity contribution in [3.8, 4) is 0 Å². The van der Waals surface area contributed by atoms with E-state index in [1.807, 2.05) is 24.8 Å². The molecular weight excluding hydrogens is 224 g/mol. The number of hydrogen-bond donors (Lipinski definition) is 1. The van der Waals surface area contributed by atoms with E-state index in [-0.39, 0.29) is 6.04 Å². The minimum Gasteiger partial charge on any atom is -0.327 e. The van der Waals surface area contributed by atoms with Crippen molar-refractivity contribution in [2.45, 2.75) is 18.7 Å². The Morgan fingerprint density at radius 1 is 1.47 bits per heavy atom. The lowest BCUT2D eigenvalue weighted by Crippen LogP contribution is -2.17. The normalized spacial score (nSPS) is 13.2. The molecule has 80 valence electrons. The average Bonchev–Trinajstić information content (AvgIpc) is 2.59. The molecule has 0 fully saturated rings. The van der Waals surface area contributed by atoms with Crippen LogP contribution in [0.25, 0.3) is 10.2 Å². The molecule has 0 spiro atoms. The van der Waals surface area contributed by atoms with Gasteiger partial charge in [-0.15, -0.1) is 11.3 Å². The Morgan fingerprint density at radius 3 is 3.00 bits per heavy atom. The number of nitrogens with two attached hydrogens (primary N) is 1. The fraction of sp³-hybridized carbons (Fsp3) is 0.364. The molecule has 2 aromatic rings. The van der Waals surface area contributed by atoms with E-state index < -0.39 is 0 Å². The first-order valence-electron chi connectivity index (χ1n) is 4.93. The summed E-state index contributed by atoms with van der Waals surface area (Å²) in [4.78, 5) is 4.57. The number of thiazole rings is 1. The maximum absolute atomic E-state index is 5.69. The molecule has 0 saturated carbocycles. The molecule has 1 aromatic heterocycles. The Labute approximate surface area is 97.9 Å². The molecule has 0 radical (unpaired) electrons. The van der Waals surface area contributed by atoms with Crippen LogP contribution in [0.5, 0.6) is 0 Å². The Hall–Kier alpha value is -0.580. The summed E-state index contributed by atoms with van der Waals surface area (Å²) in [5.41, 5.74) is 6.80. The Morgan fingerprint density at radius 2 is 2.27 bits per heavy atom. The zero-order valence-electron chi connectivity index (χ0n) is 8.64. The van der Waals surface area contributed by atoms with Crippen molar-refractivity contribution < 1.29 is 0 Å². The summed E-state index contributed by atoms with van der Waals surface area (Å²) in [6.07, 6.45) is 0. The summed E-state index contributed by atoms with van der Waals surface area (Å²) in [7, 11) is 0. The predicted molar refractivity (Wildman–Crippen MR) is 69.4 cm³/mol. The van der Waals surface area contributed by atoms with Crippen LogP contribution < -0.4 is 5.73 Å². The molecule has 2 nitrogen and oxygen atoms in total. The van der Waals surface area contributed by atoms with E-state index in [0.29, 0.717) is 0 Å². The highest BCUT2D eigenvalue weighted by Gasteiger charge is 2.03. The Bertz CT molecular complexity index is 404. The molecule has 0 saturated heterocycles. The number of nitrogens with zero attached hydrogens (tertiary/aromatic N) is 1. The fourth-order valence-corrected chi connectivity index (χ4v) is 3.29. The number of hydrogen-bond acceptors (Lipinski definition) is 4. The van der Waals surface area contributed by atoms with Gasteiger partial charge in [-0.2, -0.15) is 11.8 Å². The number of para-hydroxylation sites is 1. The van der Waals surface area contributed by atoms with Gasteiger partial charge in [0.15, 0.2) is 0 Å². The third kappa shape index (κ3) is 2.93. The smallest absolute Gasteiger partial charge is 0.104 e. The van der Waals surface area contributed by atoms with Crippen molar-refractivity contribution in [2.75, 3.05) is 5.75 Å². The van der Waals surface area contributed by atoms with Gasteiger partial charge in [-0.25, -0.2) is 4.98 Å². The maximum Gasteiger partial charge on any atom is 0.104 e. The highest BCUT2D eigenvalue weighted by molar-refractivity contribution is 7.98. The number of aromatic nitrogens is 1. The first-order chi connectivity index (χ1) is 7.25. The lowest BCUT2D eigenvalue weighted by Gasteiger charge is -2.01. The second kappa shape index (κ2) is 4.96. The third-order valence-electron chi connectivity index (χ3n) is 1.94. The molecule has 0 bridgehead atoms. The van der Waals surface area contributed by atoms with Gasteiger partial charge in [0.2, 0.25) is 0 Å². The minimum atomic E-state index is 0.268. The number of benzene rings is 1. The van der Waals surface area contributed by atoms with Crippen LogP contribution in [-0.4, -0.2) is 16.8 Å². The first-order valence-corrected chi connectivity index (χ1v) is 6.90. The molecule has 2 N–H and O–H groups in total. The van der Waals surface area contributed by atoms with Crippen molar-refractivity contribution in [2.24, 2.45) is 5.73 Å². The van der Waals surface area contributed by atoms with Crippen molar-refractivity contribution in [3.05, 3.63) is 29.3 Å². The van der Waals surface area contributed by atoms with Crippen LogP contribution in [0.4, 0.5) is 0 Å². The number of fused-ring (bicyclic) bond motifs is 1. The summed E-state index contributed by atoms with van der Waals surface area (Å²) < 4.78 is 1.27. The van der Waals surface area contributed by atoms with Crippen LogP contribution in [-0.2, 0) is 5.75 Å². The van der Waals surface area contributed by atoms with E-state index in [1.165, 1.54) is 9.71 Å². The van der Waals surface area contributed by atoms with Crippen molar-refractivity contribution in [1.29, 1.82) is 0 Å². The molecule has 0 amide bonds. The Balaban J connectivity index is 2.03. The number of thioether (sulfide) groups is 1. The monoisotopic (exact) mass is 238 g/mol. The predicted octanol–water partition coefficient (Wildman–Crippen LogP) is 2.88. The van der Waals surface area contributed by atoms with Crippen molar-refractivity contribution in [3.63, 3.8) is 0 Å². The summed E-state index contributed by atoms with van der Waals surface area (Å²) in [6.45, 7) is 2.03. The lowest BCUT2D eigenvalue weighted by molar-refractivity contribution is 0.847. The summed E-state index contributed by atoms with van der Waals surface area (Å²) in [5, 5.41) is 1.20. The quantitative estimate of drug-likeness (QED) is 0.890. The fourth-order valence-electron chi connectivity index (χ4n) is 1.31. The molecular formula is C11H14N2S2. The van der Waals surface area contributed by atoms with Crippen LogP contribution in [0, 0.1) is 0 Å². The van der Waals surface area contributed by atoms with Gasteiger partial charge in [-0.1, -0.05) is 12.1 Å². The van der Waals surface area contributed by atoms with Crippen LogP contribution in [0.1, 0.15) is 11.9 Å². The standard InChI is InChI=1S/C11H14N2S2/c1-8(12)6-14-7-11-13-9-4-2-3-5-10(9)15-11/h2-5,8H,6-7,12H2,1H3. The molecule has 1 atom stereocenters. The van der Waals surface area contributed by atoms with Gasteiger partial charge in [-0.3, -0.25) is 0 Å². The molecule has 1 unspecified atom stereocenters. The second-order valence-corrected chi connectivity index (χ2v) is 5.71. The van der Waals surface area contributed by atoms with Crippen molar-refractivity contribution in [1.82, 2.24) is 4.98 Å². The van der Waals surface area contributed by atoms with E-state index >= 15 is 0 Å². The van der Waals surface area contributed by atoms with Crippen LogP contribution in [0.2, 0.25) is 0 Å².